The maximum absolute atomic E-state index is 10.6. The van der Waals surface area contributed by atoms with Crippen LogP contribution < -0.4 is 10.6 Å². The fourth-order valence-corrected chi connectivity index (χ4v) is 6.31. The molecule has 5 aliphatic rings. The van der Waals surface area contributed by atoms with Crippen LogP contribution in [0.1, 0.15) is 58.8 Å². The molecule has 0 aromatic rings. The molecule has 5 heteroatoms. The molecule has 1 aliphatic heterocycles. The van der Waals surface area contributed by atoms with E-state index in [1.807, 2.05) is 32.1 Å². The monoisotopic (exact) mass is 423 g/mol. The van der Waals surface area contributed by atoms with Gasteiger partial charge in [0.1, 0.15) is 6.17 Å². The lowest BCUT2D eigenvalue weighted by molar-refractivity contribution is 0.125. The molecule has 0 spiro atoms. The van der Waals surface area contributed by atoms with E-state index in [4.69, 9.17) is 9.73 Å². The number of ether oxygens (including phenoxy) is 1. The van der Waals surface area contributed by atoms with Gasteiger partial charge in [0.05, 0.1) is 18.4 Å². The van der Waals surface area contributed by atoms with Crippen LogP contribution in [0, 0.1) is 23.7 Å². The van der Waals surface area contributed by atoms with Gasteiger partial charge in [-0.3, -0.25) is 5.32 Å². The van der Waals surface area contributed by atoms with Crippen LogP contribution in [0.4, 0.5) is 0 Å². The van der Waals surface area contributed by atoms with Gasteiger partial charge in [0.2, 0.25) is 0 Å². The van der Waals surface area contributed by atoms with Crippen molar-refractivity contribution < 1.29 is 9.84 Å². The normalized spacial score (nSPS) is 39.6. The SMILES string of the molecule is CC(C)OC1=NC(C2=C3CCCCC3CC3C=CCCC23)NC(C2C=CC=CC2O)N1. The molecule has 31 heavy (non-hydrogen) atoms. The molecule has 5 nitrogen and oxygen atoms in total. The van der Waals surface area contributed by atoms with Crippen molar-refractivity contribution in [3.8, 4) is 0 Å². The molecule has 0 amide bonds. The number of amidine groups is 1. The first-order valence-electron chi connectivity index (χ1n) is 12.3. The number of aliphatic imine (C=N–C) groups is 1. The number of aliphatic hydroxyl groups is 1. The highest BCUT2D eigenvalue weighted by atomic mass is 16.5. The lowest BCUT2D eigenvalue weighted by Crippen LogP contribution is -2.61. The zero-order valence-corrected chi connectivity index (χ0v) is 18.8. The highest BCUT2D eigenvalue weighted by Crippen LogP contribution is 2.49. The summed E-state index contributed by atoms with van der Waals surface area (Å²) in [5.41, 5.74) is 3.21. The van der Waals surface area contributed by atoms with Gasteiger partial charge in [-0.05, 0) is 75.7 Å². The van der Waals surface area contributed by atoms with Crippen molar-refractivity contribution in [3.63, 3.8) is 0 Å². The summed E-state index contributed by atoms with van der Waals surface area (Å²) in [6.07, 6.45) is 20.9. The minimum atomic E-state index is -0.522. The van der Waals surface area contributed by atoms with E-state index >= 15 is 0 Å². The van der Waals surface area contributed by atoms with Crippen molar-refractivity contribution in [2.24, 2.45) is 28.7 Å². The summed E-state index contributed by atoms with van der Waals surface area (Å²) >= 11 is 0. The zero-order valence-electron chi connectivity index (χ0n) is 18.8. The second-order valence-electron chi connectivity index (χ2n) is 10.1. The lowest BCUT2D eigenvalue weighted by atomic mass is 9.63. The Balaban J connectivity index is 1.52. The molecule has 1 fully saturated rings. The van der Waals surface area contributed by atoms with Crippen LogP contribution >= 0.6 is 0 Å². The number of nitrogens with one attached hydrogen (secondary N) is 2. The smallest absolute Gasteiger partial charge is 0.288 e. The third-order valence-electron chi connectivity index (χ3n) is 7.65. The zero-order chi connectivity index (χ0) is 21.4. The summed E-state index contributed by atoms with van der Waals surface area (Å²) in [5, 5.41) is 17.9. The van der Waals surface area contributed by atoms with Gasteiger partial charge in [0.15, 0.2) is 0 Å². The van der Waals surface area contributed by atoms with E-state index in [-0.39, 0.29) is 24.4 Å². The van der Waals surface area contributed by atoms with Crippen molar-refractivity contribution in [2.75, 3.05) is 0 Å². The van der Waals surface area contributed by atoms with Gasteiger partial charge < -0.3 is 15.2 Å². The molecule has 3 N–H and O–H groups in total. The Kier molecular flexibility index (Phi) is 6.07. The van der Waals surface area contributed by atoms with E-state index in [0.717, 1.165) is 6.42 Å². The highest BCUT2D eigenvalue weighted by Gasteiger charge is 2.43. The second kappa shape index (κ2) is 8.95. The molecule has 7 atom stereocenters. The molecule has 7 unspecified atom stereocenters. The summed E-state index contributed by atoms with van der Waals surface area (Å²) < 4.78 is 6.08. The number of aliphatic hydroxyl groups excluding tert-OH is 1. The molecule has 0 saturated heterocycles. The molecular weight excluding hydrogens is 386 g/mol. The predicted octanol–water partition coefficient (Wildman–Crippen LogP) is 4.19. The number of allylic oxidation sites excluding steroid dienone is 5. The predicted molar refractivity (Wildman–Crippen MR) is 124 cm³/mol. The minimum Gasteiger partial charge on any atom is -0.463 e. The van der Waals surface area contributed by atoms with Gasteiger partial charge in [0.25, 0.3) is 6.02 Å². The largest absolute Gasteiger partial charge is 0.463 e. The van der Waals surface area contributed by atoms with E-state index in [9.17, 15) is 5.11 Å². The molecule has 1 saturated carbocycles. The highest BCUT2D eigenvalue weighted by molar-refractivity contribution is 5.75. The van der Waals surface area contributed by atoms with Crippen molar-refractivity contribution in [2.45, 2.75) is 83.3 Å². The number of fused-ring (bicyclic) bond motifs is 2. The third-order valence-corrected chi connectivity index (χ3v) is 7.65. The standard InChI is InChI=1S/C26H37N3O2/c1-16(2)31-26-28-24(21-13-7-8-14-22(21)30)27-25(29-26)23-19-11-5-3-9-17(19)15-18-10-4-6-12-20(18)23/h3,7-9,13-14,16-19,21-22,24-25,27,30H,4-6,10-12,15H2,1-2H3,(H,28,29). The first-order chi connectivity index (χ1) is 15.1. The van der Waals surface area contributed by atoms with E-state index in [1.54, 1.807) is 5.57 Å². The van der Waals surface area contributed by atoms with E-state index in [1.165, 1.54) is 44.1 Å². The van der Waals surface area contributed by atoms with Crippen molar-refractivity contribution in [1.82, 2.24) is 10.6 Å². The number of rotatable bonds is 3. The first kappa shape index (κ1) is 21.0. The topological polar surface area (TPSA) is 65.9 Å². The van der Waals surface area contributed by atoms with Crippen LogP contribution in [0.2, 0.25) is 0 Å². The summed E-state index contributed by atoms with van der Waals surface area (Å²) in [7, 11) is 0. The van der Waals surface area contributed by atoms with E-state index < -0.39 is 6.10 Å². The Labute approximate surface area is 186 Å². The van der Waals surface area contributed by atoms with Crippen LogP contribution in [0.25, 0.3) is 0 Å². The quantitative estimate of drug-likeness (QED) is 0.596. The number of hydrogen-bond acceptors (Lipinski definition) is 5. The molecule has 0 aromatic carbocycles. The average molecular weight is 424 g/mol. The van der Waals surface area contributed by atoms with E-state index in [0.29, 0.717) is 23.8 Å². The van der Waals surface area contributed by atoms with Crippen LogP contribution in [-0.2, 0) is 4.74 Å². The molecule has 0 bridgehead atoms. The Morgan fingerprint density at radius 3 is 2.84 bits per heavy atom. The van der Waals surface area contributed by atoms with Crippen LogP contribution in [0.5, 0.6) is 0 Å². The molecule has 1 heterocycles. The molecule has 0 aromatic heterocycles. The van der Waals surface area contributed by atoms with Crippen LogP contribution in [0.3, 0.4) is 0 Å². The number of nitrogens with zero attached hydrogens (tertiary/aromatic N) is 1. The molecule has 5 rings (SSSR count). The van der Waals surface area contributed by atoms with Gasteiger partial charge in [-0.1, -0.05) is 48.5 Å². The Morgan fingerprint density at radius 1 is 1.13 bits per heavy atom. The Bertz CT molecular complexity index is 825. The second-order valence-corrected chi connectivity index (χ2v) is 10.1. The van der Waals surface area contributed by atoms with Crippen LogP contribution in [0.15, 0.2) is 52.6 Å². The summed E-state index contributed by atoms with van der Waals surface area (Å²) in [4.78, 5) is 5.06. The fraction of sp³-hybridized carbons (Fsp3) is 0.654. The maximum atomic E-state index is 10.6. The van der Waals surface area contributed by atoms with Crippen molar-refractivity contribution >= 4 is 6.02 Å². The molecule has 4 aliphatic carbocycles. The van der Waals surface area contributed by atoms with Crippen molar-refractivity contribution in [1.29, 1.82) is 0 Å². The van der Waals surface area contributed by atoms with Crippen molar-refractivity contribution in [3.05, 3.63) is 47.6 Å². The Morgan fingerprint density at radius 2 is 2.00 bits per heavy atom. The Hall–Kier alpha value is -1.85. The first-order valence-corrected chi connectivity index (χ1v) is 12.3. The van der Waals surface area contributed by atoms with Gasteiger partial charge in [-0.25, -0.2) is 4.99 Å². The minimum absolute atomic E-state index is 0.0502. The van der Waals surface area contributed by atoms with Gasteiger partial charge >= 0.3 is 0 Å². The molecular formula is C26H37N3O2. The molecule has 0 radical (unpaired) electrons. The molecule has 168 valence electrons. The maximum Gasteiger partial charge on any atom is 0.288 e. The van der Waals surface area contributed by atoms with Gasteiger partial charge in [-0.15, -0.1) is 0 Å². The summed E-state index contributed by atoms with van der Waals surface area (Å²) in [5.74, 6) is 1.85. The lowest BCUT2D eigenvalue weighted by Gasteiger charge is -2.46. The fourth-order valence-electron chi connectivity index (χ4n) is 6.31. The van der Waals surface area contributed by atoms with Gasteiger partial charge in [0, 0.05) is 5.92 Å². The van der Waals surface area contributed by atoms with Gasteiger partial charge in [-0.2, -0.15) is 0 Å². The average Bonchev–Trinajstić information content (AvgIpc) is 2.77. The van der Waals surface area contributed by atoms with E-state index in [2.05, 4.69) is 28.9 Å². The summed E-state index contributed by atoms with van der Waals surface area (Å²) in [6, 6.07) is 0.604. The summed E-state index contributed by atoms with van der Waals surface area (Å²) in [6.45, 7) is 4.08. The van der Waals surface area contributed by atoms with Crippen LogP contribution in [-0.4, -0.2) is 35.7 Å². The third kappa shape index (κ3) is 4.27. The number of hydrogen-bond donors (Lipinski definition) is 3.